The minimum atomic E-state index is 0.589. The highest BCUT2D eigenvalue weighted by atomic mass is 15.3. The van der Waals surface area contributed by atoms with Crippen molar-refractivity contribution >= 4 is 0 Å². The molecule has 112 valence electrons. The van der Waals surface area contributed by atoms with Crippen LogP contribution in [0, 0.1) is 0 Å². The minimum Gasteiger partial charge on any atom is -0.300 e. The van der Waals surface area contributed by atoms with Crippen LogP contribution in [0.5, 0.6) is 0 Å². The molecule has 1 aliphatic carbocycles. The predicted molar refractivity (Wildman–Crippen MR) is 83.0 cm³/mol. The first-order valence-electron chi connectivity index (χ1n) is 8.52. The molecule has 1 aromatic rings. The Morgan fingerprint density at radius 2 is 1.70 bits per heavy atom. The van der Waals surface area contributed by atoms with Gasteiger partial charge in [0.25, 0.3) is 0 Å². The molecule has 3 heteroatoms. The van der Waals surface area contributed by atoms with E-state index in [0.717, 1.165) is 6.04 Å². The van der Waals surface area contributed by atoms with Crippen LogP contribution >= 0.6 is 0 Å². The van der Waals surface area contributed by atoms with Crippen molar-refractivity contribution in [2.24, 2.45) is 0 Å². The Morgan fingerprint density at radius 3 is 2.30 bits per heavy atom. The summed E-state index contributed by atoms with van der Waals surface area (Å²) in [5.41, 5.74) is 1.37. The number of hydrogen-bond acceptors (Lipinski definition) is 2. The van der Waals surface area contributed by atoms with Gasteiger partial charge in [-0.15, -0.1) is 0 Å². The molecule has 20 heavy (non-hydrogen) atoms. The maximum absolute atomic E-state index is 4.60. The third-order valence-electron chi connectivity index (χ3n) is 5.25. The lowest BCUT2D eigenvalue weighted by Crippen LogP contribution is -2.42. The van der Waals surface area contributed by atoms with E-state index in [0.29, 0.717) is 12.0 Å². The van der Waals surface area contributed by atoms with Gasteiger partial charge in [0.2, 0.25) is 0 Å². The second-order valence-electron chi connectivity index (χ2n) is 6.97. The van der Waals surface area contributed by atoms with Crippen LogP contribution in [0.1, 0.15) is 76.3 Å². The van der Waals surface area contributed by atoms with Gasteiger partial charge in [-0.3, -0.25) is 4.68 Å². The van der Waals surface area contributed by atoms with Gasteiger partial charge in [0, 0.05) is 25.3 Å². The third-order valence-corrected chi connectivity index (χ3v) is 5.25. The van der Waals surface area contributed by atoms with E-state index in [1.54, 1.807) is 0 Å². The van der Waals surface area contributed by atoms with Crippen molar-refractivity contribution in [3.63, 3.8) is 0 Å². The predicted octanol–water partition coefficient (Wildman–Crippen LogP) is 3.98. The fraction of sp³-hybridized carbons (Fsp3) is 0.824. The molecule has 0 atom stereocenters. The van der Waals surface area contributed by atoms with E-state index < -0.39 is 0 Å². The summed E-state index contributed by atoms with van der Waals surface area (Å²) in [6, 6.07) is 1.51. The van der Waals surface area contributed by atoms with E-state index in [2.05, 4.69) is 40.9 Å². The zero-order chi connectivity index (χ0) is 13.9. The summed E-state index contributed by atoms with van der Waals surface area (Å²) in [4.78, 5) is 2.75. The number of hydrogen-bond donors (Lipinski definition) is 0. The Morgan fingerprint density at radius 1 is 1.00 bits per heavy atom. The highest BCUT2D eigenvalue weighted by Gasteiger charge is 2.27. The molecule has 2 heterocycles. The zero-order valence-corrected chi connectivity index (χ0v) is 13.1. The first-order valence-corrected chi connectivity index (χ1v) is 8.52. The maximum Gasteiger partial charge on any atom is 0.0543 e. The molecule has 1 saturated carbocycles. The maximum atomic E-state index is 4.60. The van der Waals surface area contributed by atoms with Crippen molar-refractivity contribution in [3.8, 4) is 0 Å². The van der Waals surface area contributed by atoms with Crippen molar-refractivity contribution in [1.29, 1.82) is 0 Å². The largest absolute Gasteiger partial charge is 0.300 e. The lowest BCUT2D eigenvalue weighted by Gasteiger charge is -2.39. The van der Waals surface area contributed by atoms with Gasteiger partial charge in [-0.25, -0.2) is 0 Å². The first kappa shape index (κ1) is 14.1. The van der Waals surface area contributed by atoms with E-state index in [9.17, 15) is 0 Å². The van der Waals surface area contributed by atoms with Gasteiger partial charge in [-0.2, -0.15) is 5.10 Å². The number of rotatable bonds is 3. The average molecular weight is 275 g/mol. The molecule has 1 saturated heterocycles. The fourth-order valence-corrected chi connectivity index (χ4v) is 3.81. The Kier molecular flexibility index (Phi) is 4.45. The van der Waals surface area contributed by atoms with Gasteiger partial charge in [-0.05, 0) is 37.2 Å². The standard InChI is InChI=1S/C17H29N3/c1-14(2)15-12-18-20(13-15)17-8-10-19(11-9-17)16-6-4-3-5-7-16/h12-14,16-17H,3-11H2,1-2H3. The summed E-state index contributed by atoms with van der Waals surface area (Å²) in [5.74, 6) is 0.589. The van der Waals surface area contributed by atoms with Crippen LogP contribution in [0.2, 0.25) is 0 Å². The Bertz CT molecular complexity index is 410. The topological polar surface area (TPSA) is 21.1 Å². The van der Waals surface area contributed by atoms with Crippen LogP contribution in [0.4, 0.5) is 0 Å². The Balaban J connectivity index is 1.54. The summed E-state index contributed by atoms with van der Waals surface area (Å²) >= 11 is 0. The highest BCUT2D eigenvalue weighted by Crippen LogP contribution is 2.29. The van der Waals surface area contributed by atoms with Gasteiger partial charge in [0.05, 0.1) is 12.2 Å². The molecule has 0 bridgehead atoms. The Hall–Kier alpha value is -0.830. The number of piperidine rings is 1. The number of aromatic nitrogens is 2. The molecule has 3 nitrogen and oxygen atoms in total. The molecule has 0 aromatic carbocycles. The average Bonchev–Trinajstić information content (AvgIpc) is 2.98. The van der Waals surface area contributed by atoms with Crippen LogP contribution in [0.15, 0.2) is 12.4 Å². The molecule has 0 amide bonds. The normalized spacial score (nSPS) is 23.6. The molecular formula is C17H29N3. The smallest absolute Gasteiger partial charge is 0.0543 e. The van der Waals surface area contributed by atoms with Gasteiger partial charge in [0.15, 0.2) is 0 Å². The van der Waals surface area contributed by atoms with Gasteiger partial charge < -0.3 is 4.90 Å². The van der Waals surface area contributed by atoms with Crippen LogP contribution in [0.25, 0.3) is 0 Å². The van der Waals surface area contributed by atoms with Crippen LogP contribution in [-0.2, 0) is 0 Å². The lowest BCUT2D eigenvalue weighted by molar-refractivity contribution is 0.106. The lowest BCUT2D eigenvalue weighted by atomic mass is 9.92. The zero-order valence-electron chi connectivity index (χ0n) is 13.1. The summed E-state index contributed by atoms with van der Waals surface area (Å²) in [5, 5.41) is 4.60. The SMILES string of the molecule is CC(C)c1cnn(C2CCN(C3CCCCC3)CC2)c1. The molecule has 3 rings (SSSR count). The molecule has 2 aliphatic rings. The van der Waals surface area contributed by atoms with E-state index in [-0.39, 0.29) is 0 Å². The highest BCUT2D eigenvalue weighted by molar-refractivity contribution is 5.09. The molecule has 0 N–H and O–H groups in total. The van der Waals surface area contributed by atoms with Crippen LogP contribution < -0.4 is 0 Å². The summed E-state index contributed by atoms with van der Waals surface area (Å²) in [6.45, 7) is 7.03. The van der Waals surface area contributed by atoms with Crippen LogP contribution in [0.3, 0.4) is 0 Å². The van der Waals surface area contributed by atoms with Gasteiger partial charge in [-0.1, -0.05) is 33.1 Å². The summed E-state index contributed by atoms with van der Waals surface area (Å²) in [7, 11) is 0. The molecule has 2 fully saturated rings. The molecular weight excluding hydrogens is 246 g/mol. The summed E-state index contributed by atoms with van der Waals surface area (Å²) in [6.07, 6.45) is 14.1. The second kappa shape index (κ2) is 6.30. The van der Waals surface area contributed by atoms with Crippen molar-refractivity contribution in [2.75, 3.05) is 13.1 Å². The van der Waals surface area contributed by atoms with Crippen molar-refractivity contribution < 1.29 is 0 Å². The van der Waals surface area contributed by atoms with Crippen molar-refractivity contribution in [2.45, 2.75) is 76.8 Å². The van der Waals surface area contributed by atoms with Crippen LogP contribution in [-0.4, -0.2) is 33.8 Å². The van der Waals surface area contributed by atoms with E-state index in [4.69, 9.17) is 0 Å². The second-order valence-corrected chi connectivity index (χ2v) is 6.97. The molecule has 1 aromatic heterocycles. The van der Waals surface area contributed by atoms with E-state index in [1.807, 2.05) is 0 Å². The van der Waals surface area contributed by atoms with E-state index >= 15 is 0 Å². The first-order chi connectivity index (χ1) is 9.74. The van der Waals surface area contributed by atoms with Gasteiger partial charge in [0.1, 0.15) is 0 Å². The van der Waals surface area contributed by atoms with E-state index in [1.165, 1.54) is 63.6 Å². The molecule has 0 spiro atoms. The molecule has 0 unspecified atom stereocenters. The monoisotopic (exact) mass is 275 g/mol. The third kappa shape index (κ3) is 3.08. The number of likely N-dealkylation sites (tertiary alicyclic amines) is 1. The quantitative estimate of drug-likeness (QED) is 0.832. The minimum absolute atomic E-state index is 0.589. The molecule has 0 radical (unpaired) electrons. The number of nitrogens with zero attached hydrogens (tertiary/aromatic N) is 3. The fourth-order valence-electron chi connectivity index (χ4n) is 3.81. The molecule has 1 aliphatic heterocycles. The Labute approximate surface area is 123 Å². The van der Waals surface area contributed by atoms with Crippen molar-refractivity contribution in [3.05, 3.63) is 18.0 Å². The van der Waals surface area contributed by atoms with Gasteiger partial charge >= 0.3 is 0 Å². The van der Waals surface area contributed by atoms with Crippen molar-refractivity contribution in [1.82, 2.24) is 14.7 Å². The summed E-state index contributed by atoms with van der Waals surface area (Å²) < 4.78 is 2.23.